The van der Waals surface area contributed by atoms with Crippen LogP contribution in [-0.4, -0.2) is 31.0 Å². The van der Waals surface area contributed by atoms with Gasteiger partial charge in [-0.25, -0.2) is 0 Å². The van der Waals surface area contributed by atoms with E-state index in [9.17, 15) is 4.79 Å². The topological polar surface area (TPSA) is 55.6 Å². The number of aryl methyl sites for hydroxylation is 1. The summed E-state index contributed by atoms with van der Waals surface area (Å²) < 4.78 is 5.47. The van der Waals surface area contributed by atoms with Crippen LogP contribution in [0.4, 0.5) is 0 Å². The fraction of sp³-hybridized carbons (Fsp3) is 0.462. The lowest BCUT2D eigenvalue weighted by atomic mass is 10.1. The SMILES string of the molecule is CCOc1ccc(CN(C)CC(N)=O)cc1C. The molecule has 0 aromatic heterocycles. The maximum atomic E-state index is 10.8. The molecule has 0 saturated carbocycles. The second-order valence-corrected chi connectivity index (χ2v) is 4.17. The number of nitrogens with zero attached hydrogens (tertiary/aromatic N) is 1. The maximum absolute atomic E-state index is 10.8. The summed E-state index contributed by atoms with van der Waals surface area (Å²) in [7, 11) is 1.87. The summed E-state index contributed by atoms with van der Waals surface area (Å²) in [6.45, 7) is 5.63. The van der Waals surface area contributed by atoms with Crippen LogP contribution in [-0.2, 0) is 11.3 Å². The number of primary amides is 1. The molecule has 0 saturated heterocycles. The van der Waals surface area contributed by atoms with Gasteiger partial charge in [0.15, 0.2) is 0 Å². The van der Waals surface area contributed by atoms with E-state index in [1.807, 2.05) is 37.9 Å². The van der Waals surface area contributed by atoms with Crippen molar-refractivity contribution in [3.8, 4) is 5.75 Å². The fourth-order valence-electron chi connectivity index (χ4n) is 1.76. The monoisotopic (exact) mass is 236 g/mol. The molecule has 17 heavy (non-hydrogen) atoms. The maximum Gasteiger partial charge on any atom is 0.231 e. The van der Waals surface area contributed by atoms with Crippen LogP contribution in [0.1, 0.15) is 18.1 Å². The lowest BCUT2D eigenvalue weighted by Crippen LogP contribution is -2.30. The van der Waals surface area contributed by atoms with Gasteiger partial charge in [-0.05, 0) is 38.1 Å². The van der Waals surface area contributed by atoms with E-state index in [4.69, 9.17) is 10.5 Å². The van der Waals surface area contributed by atoms with Gasteiger partial charge in [-0.1, -0.05) is 12.1 Å². The van der Waals surface area contributed by atoms with Gasteiger partial charge in [0.05, 0.1) is 13.2 Å². The van der Waals surface area contributed by atoms with Gasteiger partial charge >= 0.3 is 0 Å². The summed E-state index contributed by atoms with van der Waals surface area (Å²) in [5.41, 5.74) is 7.40. The standard InChI is InChI=1S/C13H20N2O2/c1-4-17-12-6-5-11(7-10(12)2)8-15(3)9-13(14)16/h5-7H,4,8-9H2,1-3H3,(H2,14,16). The first kappa shape index (κ1) is 13.5. The van der Waals surface area contributed by atoms with E-state index in [-0.39, 0.29) is 12.5 Å². The van der Waals surface area contributed by atoms with Gasteiger partial charge < -0.3 is 10.5 Å². The lowest BCUT2D eigenvalue weighted by molar-refractivity contribution is -0.118. The van der Waals surface area contributed by atoms with E-state index in [2.05, 4.69) is 6.07 Å². The van der Waals surface area contributed by atoms with Crippen LogP contribution < -0.4 is 10.5 Å². The van der Waals surface area contributed by atoms with Crippen LogP contribution in [0.3, 0.4) is 0 Å². The number of benzene rings is 1. The van der Waals surface area contributed by atoms with Gasteiger partial charge in [-0.3, -0.25) is 9.69 Å². The minimum absolute atomic E-state index is 0.270. The van der Waals surface area contributed by atoms with Crippen molar-refractivity contribution in [2.24, 2.45) is 5.73 Å². The Morgan fingerprint density at radius 1 is 1.47 bits per heavy atom. The number of nitrogens with two attached hydrogens (primary N) is 1. The van der Waals surface area contributed by atoms with Gasteiger partial charge in [-0.15, -0.1) is 0 Å². The number of hydrogen-bond donors (Lipinski definition) is 1. The van der Waals surface area contributed by atoms with Crippen LogP contribution in [0.25, 0.3) is 0 Å². The molecule has 4 heteroatoms. The van der Waals surface area contributed by atoms with Crippen molar-refractivity contribution in [2.45, 2.75) is 20.4 Å². The normalized spacial score (nSPS) is 10.6. The molecule has 1 aromatic rings. The fourth-order valence-corrected chi connectivity index (χ4v) is 1.76. The Hall–Kier alpha value is -1.55. The van der Waals surface area contributed by atoms with Crippen molar-refractivity contribution in [1.29, 1.82) is 0 Å². The zero-order valence-corrected chi connectivity index (χ0v) is 10.7. The highest BCUT2D eigenvalue weighted by molar-refractivity contribution is 5.75. The Kier molecular flexibility index (Phi) is 4.97. The molecule has 0 heterocycles. The van der Waals surface area contributed by atoms with Crippen molar-refractivity contribution in [2.75, 3.05) is 20.2 Å². The average Bonchev–Trinajstić information content (AvgIpc) is 2.21. The summed E-state index contributed by atoms with van der Waals surface area (Å²) >= 11 is 0. The molecule has 94 valence electrons. The van der Waals surface area contributed by atoms with Gasteiger partial charge in [0.1, 0.15) is 5.75 Å². The number of ether oxygens (including phenoxy) is 1. The van der Waals surface area contributed by atoms with Crippen LogP contribution in [0.2, 0.25) is 0 Å². The van der Waals surface area contributed by atoms with E-state index in [1.54, 1.807) is 0 Å². The molecule has 0 bridgehead atoms. The summed E-state index contributed by atoms with van der Waals surface area (Å²) in [5, 5.41) is 0. The van der Waals surface area contributed by atoms with Crippen LogP contribution in [0.15, 0.2) is 18.2 Å². The predicted octanol–water partition coefficient (Wildman–Crippen LogP) is 1.31. The molecule has 0 aliphatic carbocycles. The predicted molar refractivity (Wildman–Crippen MR) is 67.9 cm³/mol. The molecule has 2 N–H and O–H groups in total. The largest absolute Gasteiger partial charge is 0.494 e. The molecule has 1 amide bonds. The van der Waals surface area contributed by atoms with Gasteiger partial charge in [0, 0.05) is 6.54 Å². The average molecular weight is 236 g/mol. The quantitative estimate of drug-likeness (QED) is 0.810. The number of carbonyl (C=O) groups excluding carboxylic acids is 1. The summed E-state index contributed by atoms with van der Waals surface area (Å²) in [6, 6.07) is 6.05. The highest BCUT2D eigenvalue weighted by Gasteiger charge is 2.05. The van der Waals surface area contributed by atoms with E-state index in [0.29, 0.717) is 13.2 Å². The first-order chi connectivity index (χ1) is 8.02. The molecule has 0 aliphatic heterocycles. The molecule has 1 rings (SSSR count). The van der Waals surface area contributed by atoms with E-state index < -0.39 is 0 Å². The van der Waals surface area contributed by atoms with E-state index >= 15 is 0 Å². The lowest BCUT2D eigenvalue weighted by Gasteiger charge is -2.15. The molecular weight excluding hydrogens is 216 g/mol. The molecule has 4 nitrogen and oxygen atoms in total. The molecule has 0 aliphatic rings. The molecule has 0 atom stereocenters. The molecule has 1 aromatic carbocycles. The Morgan fingerprint density at radius 3 is 2.71 bits per heavy atom. The second kappa shape index (κ2) is 6.25. The zero-order valence-electron chi connectivity index (χ0n) is 10.7. The first-order valence-corrected chi connectivity index (χ1v) is 5.72. The molecule has 0 fully saturated rings. The van der Waals surface area contributed by atoms with Crippen LogP contribution >= 0.6 is 0 Å². The third-order valence-electron chi connectivity index (χ3n) is 2.42. The Bertz CT molecular complexity index is 391. The van der Waals surface area contributed by atoms with Crippen molar-refractivity contribution in [3.63, 3.8) is 0 Å². The third kappa shape index (κ3) is 4.44. The highest BCUT2D eigenvalue weighted by Crippen LogP contribution is 2.19. The van der Waals surface area contributed by atoms with Crippen LogP contribution in [0, 0.1) is 6.92 Å². The van der Waals surface area contributed by atoms with Gasteiger partial charge in [0.2, 0.25) is 5.91 Å². The minimum atomic E-state index is -0.310. The minimum Gasteiger partial charge on any atom is -0.494 e. The van der Waals surface area contributed by atoms with Gasteiger partial charge in [-0.2, -0.15) is 0 Å². The second-order valence-electron chi connectivity index (χ2n) is 4.17. The van der Waals surface area contributed by atoms with Crippen molar-refractivity contribution in [1.82, 2.24) is 4.90 Å². The number of amides is 1. The first-order valence-electron chi connectivity index (χ1n) is 5.72. The van der Waals surface area contributed by atoms with Crippen LogP contribution in [0.5, 0.6) is 5.75 Å². The number of rotatable bonds is 6. The summed E-state index contributed by atoms with van der Waals surface area (Å²) in [6.07, 6.45) is 0. The Balaban J connectivity index is 2.66. The van der Waals surface area contributed by atoms with Crippen molar-refractivity contribution < 1.29 is 9.53 Å². The third-order valence-corrected chi connectivity index (χ3v) is 2.42. The number of carbonyl (C=O) groups is 1. The highest BCUT2D eigenvalue weighted by atomic mass is 16.5. The van der Waals surface area contributed by atoms with Gasteiger partial charge in [0.25, 0.3) is 0 Å². The summed E-state index contributed by atoms with van der Waals surface area (Å²) in [5.74, 6) is 0.601. The smallest absolute Gasteiger partial charge is 0.231 e. The molecule has 0 unspecified atom stereocenters. The summed E-state index contributed by atoms with van der Waals surface area (Å²) in [4.78, 5) is 12.7. The van der Waals surface area contributed by atoms with E-state index in [1.165, 1.54) is 0 Å². The Morgan fingerprint density at radius 2 is 2.18 bits per heavy atom. The Labute approximate surface area is 102 Å². The number of likely N-dealkylation sites (N-methyl/N-ethyl adjacent to an activating group) is 1. The molecule has 0 spiro atoms. The molecule has 0 radical (unpaired) electrons. The zero-order chi connectivity index (χ0) is 12.8. The molecular formula is C13H20N2O2. The van der Waals surface area contributed by atoms with E-state index in [0.717, 1.165) is 16.9 Å². The number of hydrogen-bond acceptors (Lipinski definition) is 3. The van der Waals surface area contributed by atoms with Crippen molar-refractivity contribution >= 4 is 5.91 Å². The van der Waals surface area contributed by atoms with Crippen molar-refractivity contribution in [3.05, 3.63) is 29.3 Å².